The van der Waals surface area contributed by atoms with Gasteiger partial charge >= 0.3 is 12.1 Å². The number of ether oxygens (including phenoxy) is 2. The van der Waals surface area contributed by atoms with E-state index in [9.17, 15) is 14.4 Å². The molecule has 1 aromatic rings. The minimum Gasteiger partial charge on any atom is -0.459 e. The molecule has 2 aliphatic rings. The average molecular weight is 346 g/mol. The molecule has 1 N–H and O–H groups in total. The van der Waals surface area contributed by atoms with Gasteiger partial charge in [0.25, 0.3) is 5.91 Å². The van der Waals surface area contributed by atoms with E-state index in [4.69, 9.17) is 9.47 Å². The molecule has 2 amide bonds. The van der Waals surface area contributed by atoms with Crippen LogP contribution in [0, 0.1) is 0 Å². The molecule has 2 fully saturated rings. The Morgan fingerprint density at radius 3 is 2.76 bits per heavy atom. The third kappa shape index (κ3) is 3.92. The van der Waals surface area contributed by atoms with Crippen LogP contribution in [0.3, 0.4) is 0 Å². The van der Waals surface area contributed by atoms with Crippen LogP contribution in [-0.2, 0) is 20.8 Å². The molecule has 1 aromatic carbocycles. The second kappa shape index (κ2) is 6.38. The quantitative estimate of drug-likeness (QED) is 0.845. The third-order valence-electron chi connectivity index (χ3n) is 4.09. The Balaban J connectivity index is 1.63. The van der Waals surface area contributed by atoms with Crippen molar-refractivity contribution >= 4 is 18.0 Å². The topological polar surface area (TPSA) is 84.9 Å². The molecule has 0 aromatic heterocycles. The highest BCUT2D eigenvalue weighted by Crippen LogP contribution is 2.30. The van der Waals surface area contributed by atoms with Crippen molar-refractivity contribution in [2.45, 2.75) is 51.5 Å². The van der Waals surface area contributed by atoms with Crippen LogP contribution in [0.2, 0.25) is 0 Å². The predicted molar refractivity (Wildman–Crippen MR) is 88.8 cm³/mol. The summed E-state index contributed by atoms with van der Waals surface area (Å²) in [7, 11) is 0. The van der Waals surface area contributed by atoms with Crippen LogP contribution in [0.15, 0.2) is 24.3 Å². The van der Waals surface area contributed by atoms with Crippen molar-refractivity contribution in [3.63, 3.8) is 0 Å². The first-order chi connectivity index (χ1) is 11.7. The van der Waals surface area contributed by atoms with Crippen molar-refractivity contribution in [2.75, 3.05) is 6.54 Å². The number of morpholine rings is 1. The van der Waals surface area contributed by atoms with Crippen LogP contribution in [-0.4, -0.2) is 47.2 Å². The Hall–Kier alpha value is -2.57. The van der Waals surface area contributed by atoms with E-state index in [1.165, 1.54) is 0 Å². The van der Waals surface area contributed by atoms with E-state index in [0.717, 1.165) is 5.56 Å². The van der Waals surface area contributed by atoms with Gasteiger partial charge in [-0.3, -0.25) is 4.79 Å². The van der Waals surface area contributed by atoms with Gasteiger partial charge in [0.05, 0.1) is 6.54 Å². The zero-order valence-corrected chi connectivity index (χ0v) is 14.6. The van der Waals surface area contributed by atoms with Gasteiger partial charge in [0.2, 0.25) is 0 Å². The first kappa shape index (κ1) is 17.3. The van der Waals surface area contributed by atoms with Crippen molar-refractivity contribution in [1.82, 2.24) is 10.2 Å². The number of benzene rings is 1. The van der Waals surface area contributed by atoms with Crippen LogP contribution in [0.4, 0.5) is 4.79 Å². The monoisotopic (exact) mass is 346 g/mol. The number of alkyl carbamates (subject to hydrolysis) is 1. The van der Waals surface area contributed by atoms with Gasteiger partial charge in [-0.1, -0.05) is 12.1 Å². The summed E-state index contributed by atoms with van der Waals surface area (Å²) in [5.41, 5.74) is 0.707. The fourth-order valence-corrected chi connectivity index (χ4v) is 3.04. The summed E-state index contributed by atoms with van der Waals surface area (Å²) >= 11 is 0. The largest absolute Gasteiger partial charge is 0.459 e. The fraction of sp³-hybridized carbons (Fsp3) is 0.500. The van der Waals surface area contributed by atoms with E-state index in [0.29, 0.717) is 18.5 Å². The molecular weight excluding hydrogens is 324 g/mol. The van der Waals surface area contributed by atoms with Crippen LogP contribution >= 0.6 is 0 Å². The SMILES string of the molecule is CC(C)(C)OC(=O)NCc1cccc(C(=O)N2C[C@@H]3C[C@H]2C(=O)O3)c1. The molecule has 0 spiro atoms. The van der Waals surface area contributed by atoms with Gasteiger partial charge in [-0.15, -0.1) is 0 Å². The Morgan fingerprint density at radius 2 is 2.12 bits per heavy atom. The maximum atomic E-state index is 12.7. The lowest BCUT2D eigenvalue weighted by atomic mass is 10.1. The Labute approximate surface area is 146 Å². The molecule has 0 aliphatic carbocycles. The Kier molecular flexibility index (Phi) is 4.41. The van der Waals surface area contributed by atoms with Crippen LogP contribution < -0.4 is 5.32 Å². The lowest BCUT2D eigenvalue weighted by molar-refractivity contribution is -0.149. The van der Waals surface area contributed by atoms with E-state index in [2.05, 4.69) is 5.32 Å². The van der Waals surface area contributed by atoms with Crippen LogP contribution in [0.5, 0.6) is 0 Å². The van der Waals surface area contributed by atoms with Gasteiger partial charge in [0, 0.05) is 18.5 Å². The summed E-state index contributed by atoms with van der Waals surface area (Å²) in [6.07, 6.45) is -0.118. The van der Waals surface area contributed by atoms with Crippen molar-refractivity contribution in [3.8, 4) is 0 Å². The average Bonchev–Trinajstić information content (AvgIpc) is 3.10. The molecule has 2 heterocycles. The second-order valence-electron chi connectivity index (χ2n) is 7.32. The molecule has 2 aliphatic heterocycles. The predicted octanol–water partition coefficient (Wildman–Crippen LogP) is 1.85. The number of carbonyl (C=O) groups is 3. The summed E-state index contributed by atoms with van der Waals surface area (Å²) in [5.74, 6) is -0.518. The molecular formula is C18H22N2O5. The van der Waals surface area contributed by atoms with Gasteiger partial charge in [-0.25, -0.2) is 9.59 Å². The minimum absolute atomic E-state index is 0.182. The molecule has 134 valence electrons. The number of nitrogens with one attached hydrogen (secondary N) is 1. The Bertz CT molecular complexity index is 710. The number of esters is 1. The highest BCUT2D eigenvalue weighted by atomic mass is 16.6. The second-order valence-corrected chi connectivity index (χ2v) is 7.32. The number of amides is 2. The number of carbonyl (C=O) groups excluding carboxylic acids is 3. The minimum atomic E-state index is -0.564. The number of likely N-dealkylation sites (tertiary alicyclic amines) is 1. The van der Waals surface area contributed by atoms with Crippen molar-refractivity contribution in [2.24, 2.45) is 0 Å². The summed E-state index contributed by atoms with van der Waals surface area (Å²) in [4.78, 5) is 37.6. The summed E-state index contributed by atoms with van der Waals surface area (Å²) in [6, 6.07) is 6.53. The number of nitrogens with zero attached hydrogens (tertiary/aromatic N) is 1. The van der Waals surface area contributed by atoms with E-state index < -0.39 is 17.7 Å². The summed E-state index contributed by atoms with van der Waals surface area (Å²) < 4.78 is 10.3. The number of hydrogen-bond donors (Lipinski definition) is 1. The number of hydrogen-bond acceptors (Lipinski definition) is 5. The van der Waals surface area contributed by atoms with Gasteiger partial charge in [0.1, 0.15) is 17.7 Å². The summed E-state index contributed by atoms with van der Waals surface area (Å²) in [6.45, 7) is 6.07. The molecule has 7 heteroatoms. The lowest BCUT2D eigenvalue weighted by Gasteiger charge is -2.25. The normalized spacial score (nSPS) is 21.9. The van der Waals surface area contributed by atoms with E-state index >= 15 is 0 Å². The molecule has 0 saturated carbocycles. The zero-order valence-electron chi connectivity index (χ0n) is 14.6. The van der Waals surface area contributed by atoms with Crippen LogP contribution in [0.1, 0.15) is 43.1 Å². The van der Waals surface area contributed by atoms with E-state index in [1.807, 2.05) is 6.07 Å². The molecule has 7 nitrogen and oxygen atoms in total. The highest BCUT2D eigenvalue weighted by molar-refractivity contribution is 5.98. The van der Waals surface area contributed by atoms with E-state index in [1.54, 1.807) is 43.9 Å². The first-order valence-corrected chi connectivity index (χ1v) is 8.30. The van der Waals surface area contributed by atoms with Gasteiger partial charge < -0.3 is 19.7 Å². The maximum absolute atomic E-state index is 12.7. The maximum Gasteiger partial charge on any atom is 0.407 e. The van der Waals surface area contributed by atoms with Gasteiger partial charge in [-0.2, -0.15) is 0 Å². The van der Waals surface area contributed by atoms with Crippen molar-refractivity contribution in [1.29, 1.82) is 0 Å². The molecule has 0 unspecified atom stereocenters. The van der Waals surface area contributed by atoms with Gasteiger partial charge in [0.15, 0.2) is 0 Å². The zero-order chi connectivity index (χ0) is 18.2. The molecule has 2 bridgehead atoms. The lowest BCUT2D eigenvalue weighted by Crippen LogP contribution is -2.44. The van der Waals surface area contributed by atoms with Crippen molar-refractivity contribution in [3.05, 3.63) is 35.4 Å². The molecule has 25 heavy (non-hydrogen) atoms. The molecule has 2 atom stereocenters. The highest BCUT2D eigenvalue weighted by Gasteiger charge is 2.48. The van der Waals surface area contributed by atoms with Crippen LogP contribution in [0.25, 0.3) is 0 Å². The smallest absolute Gasteiger partial charge is 0.407 e. The van der Waals surface area contributed by atoms with Gasteiger partial charge in [-0.05, 0) is 38.5 Å². The fourth-order valence-electron chi connectivity index (χ4n) is 3.04. The number of fused-ring (bicyclic) bond motifs is 2. The molecule has 2 saturated heterocycles. The standard InChI is InChI=1S/C18H22N2O5/c1-18(2,3)25-17(23)19-9-11-5-4-6-12(7-11)15(21)20-10-13-8-14(20)16(22)24-13/h4-7,13-14H,8-10H2,1-3H3,(H,19,23)/t13-,14-/m0/s1. The van der Waals surface area contributed by atoms with Crippen molar-refractivity contribution < 1.29 is 23.9 Å². The first-order valence-electron chi connectivity index (χ1n) is 8.30. The molecule has 0 radical (unpaired) electrons. The van der Waals surface area contributed by atoms with E-state index in [-0.39, 0.29) is 24.5 Å². The number of rotatable bonds is 3. The summed E-state index contributed by atoms with van der Waals surface area (Å²) in [5, 5.41) is 2.67. The molecule has 3 rings (SSSR count). The third-order valence-corrected chi connectivity index (χ3v) is 4.09. The Morgan fingerprint density at radius 1 is 1.36 bits per heavy atom.